The van der Waals surface area contributed by atoms with Crippen LogP contribution in [0.3, 0.4) is 0 Å². The van der Waals surface area contributed by atoms with E-state index in [1.54, 1.807) is 0 Å². The molecule has 0 aromatic heterocycles. The maximum absolute atomic E-state index is 12.7. The smallest absolute Gasteiger partial charge is 0.226 e. The Hall–Kier alpha value is -2.30. The lowest BCUT2D eigenvalue weighted by Gasteiger charge is -2.37. The monoisotopic (exact) mass is 395 g/mol. The van der Waals surface area contributed by atoms with Gasteiger partial charge in [-0.2, -0.15) is 0 Å². The summed E-state index contributed by atoms with van der Waals surface area (Å²) in [7, 11) is 0. The van der Waals surface area contributed by atoms with Crippen LogP contribution in [0.2, 0.25) is 0 Å². The van der Waals surface area contributed by atoms with Crippen LogP contribution in [0.4, 0.5) is 5.69 Å². The molecule has 0 N–H and O–H groups in total. The standard InChI is InChI=1S/C24H33N3O2/c28-23(26-18-16-25(17-19-26)22-8-2-1-3-9-22)11-10-20-12-14-27(15-13-20)24(29)21-6-4-5-7-21/h1-5,8-9,20-21H,6-7,10-19H2. The van der Waals surface area contributed by atoms with Gasteiger partial charge in [0.15, 0.2) is 0 Å². The molecule has 0 unspecified atom stereocenters. The van der Waals surface area contributed by atoms with Crippen LogP contribution in [-0.2, 0) is 9.59 Å². The molecule has 3 aliphatic rings. The normalized spacial score (nSPS) is 21.0. The Labute approximate surface area is 174 Å². The van der Waals surface area contributed by atoms with Crippen molar-refractivity contribution in [2.24, 2.45) is 11.8 Å². The fourth-order valence-corrected chi connectivity index (χ4v) is 4.86. The Morgan fingerprint density at radius 3 is 2.14 bits per heavy atom. The van der Waals surface area contributed by atoms with E-state index in [1.807, 2.05) is 11.0 Å². The molecule has 4 rings (SSSR count). The molecule has 2 fully saturated rings. The molecule has 1 aromatic rings. The topological polar surface area (TPSA) is 43.9 Å². The highest BCUT2D eigenvalue weighted by atomic mass is 16.2. The fraction of sp³-hybridized carbons (Fsp3) is 0.583. The first-order valence-corrected chi connectivity index (χ1v) is 11.2. The zero-order valence-electron chi connectivity index (χ0n) is 17.3. The Balaban J connectivity index is 1.15. The SMILES string of the molecule is O=C(CCC1CCN(C(=O)C2CC=CC2)CC1)N1CCN(c2ccccc2)CC1. The molecule has 0 bridgehead atoms. The molecule has 0 saturated carbocycles. The number of allylic oxidation sites excluding steroid dienone is 2. The summed E-state index contributed by atoms with van der Waals surface area (Å²) in [6, 6.07) is 10.4. The molecule has 0 spiro atoms. The maximum Gasteiger partial charge on any atom is 0.226 e. The maximum atomic E-state index is 12.7. The molecule has 2 saturated heterocycles. The third-order valence-electron chi connectivity index (χ3n) is 6.80. The van der Waals surface area contributed by atoms with Gasteiger partial charge in [-0.3, -0.25) is 9.59 Å². The summed E-state index contributed by atoms with van der Waals surface area (Å²) in [5.74, 6) is 1.40. The lowest BCUT2D eigenvalue weighted by Crippen LogP contribution is -2.49. The Morgan fingerprint density at radius 1 is 0.828 bits per heavy atom. The highest BCUT2D eigenvalue weighted by Crippen LogP contribution is 2.26. The van der Waals surface area contributed by atoms with Crippen molar-refractivity contribution in [2.75, 3.05) is 44.2 Å². The van der Waals surface area contributed by atoms with Crippen LogP contribution in [0.25, 0.3) is 0 Å². The summed E-state index contributed by atoms with van der Waals surface area (Å²) in [4.78, 5) is 31.6. The van der Waals surface area contributed by atoms with Crippen molar-refractivity contribution in [3.63, 3.8) is 0 Å². The Morgan fingerprint density at radius 2 is 1.48 bits per heavy atom. The number of benzene rings is 1. The first-order chi connectivity index (χ1) is 14.2. The molecule has 156 valence electrons. The van der Waals surface area contributed by atoms with Gasteiger partial charge in [-0.25, -0.2) is 0 Å². The third kappa shape index (κ3) is 5.01. The summed E-state index contributed by atoms with van der Waals surface area (Å²) in [5.41, 5.74) is 1.24. The fourth-order valence-electron chi connectivity index (χ4n) is 4.86. The largest absolute Gasteiger partial charge is 0.368 e. The minimum absolute atomic E-state index is 0.183. The number of hydrogen-bond donors (Lipinski definition) is 0. The molecule has 5 nitrogen and oxygen atoms in total. The summed E-state index contributed by atoms with van der Waals surface area (Å²) in [6.07, 6.45) is 9.76. The summed E-state index contributed by atoms with van der Waals surface area (Å²) >= 11 is 0. The van der Waals surface area contributed by atoms with E-state index in [2.05, 4.69) is 46.2 Å². The molecule has 2 aliphatic heterocycles. The number of piperidine rings is 1. The molecular weight excluding hydrogens is 362 g/mol. The van der Waals surface area contributed by atoms with Crippen LogP contribution in [0.15, 0.2) is 42.5 Å². The van der Waals surface area contributed by atoms with Crippen molar-refractivity contribution in [3.05, 3.63) is 42.5 Å². The lowest BCUT2D eigenvalue weighted by molar-refractivity contribution is -0.137. The van der Waals surface area contributed by atoms with E-state index in [4.69, 9.17) is 0 Å². The Kier molecular flexibility index (Phi) is 6.53. The average Bonchev–Trinajstić information content (AvgIpc) is 3.33. The predicted molar refractivity (Wildman–Crippen MR) is 116 cm³/mol. The molecule has 1 aliphatic carbocycles. The number of carbonyl (C=O) groups is 2. The second-order valence-electron chi connectivity index (χ2n) is 8.65. The number of amides is 2. The van der Waals surface area contributed by atoms with E-state index < -0.39 is 0 Å². The molecule has 29 heavy (non-hydrogen) atoms. The van der Waals surface area contributed by atoms with Gasteiger partial charge in [-0.1, -0.05) is 30.4 Å². The highest BCUT2D eigenvalue weighted by molar-refractivity contribution is 5.79. The van der Waals surface area contributed by atoms with Gasteiger partial charge in [-0.15, -0.1) is 0 Å². The number of carbonyl (C=O) groups excluding carboxylic acids is 2. The van der Waals surface area contributed by atoms with Crippen LogP contribution in [0, 0.1) is 11.8 Å². The van der Waals surface area contributed by atoms with Gasteiger partial charge in [0.1, 0.15) is 0 Å². The molecular formula is C24H33N3O2. The number of para-hydroxylation sites is 1. The van der Waals surface area contributed by atoms with Gasteiger partial charge in [0, 0.05) is 57.3 Å². The zero-order chi connectivity index (χ0) is 20.1. The molecule has 2 heterocycles. The number of nitrogens with zero attached hydrogens (tertiary/aromatic N) is 3. The number of hydrogen-bond acceptors (Lipinski definition) is 3. The van der Waals surface area contributed by atoms with Crippen LogP contribution in [0.5, 0.6) is 0 Å². The van der Waals surface area contributed by atoms with Gasteiger partial charge in [0.05, 0.1) is 0 Å². The van der Waals surface area contributed by atoms with Crippen molar-refractivity contribution >= 4 is 17.5 Å². The van der Waals surface area contributed by atoms with Crippen molar-refractivity contribution in [3.8, 4) is 0 Å². The summed E-state index contributed by atoms with van der Waals surface area (Å²) in [5, 5.41) is 0. The van der Waals surface area contributed by atoms with E-state index in [9.17, 15) is 9.59 Å². The van der Waals surface area contributed by atoms with E-state index in [1.165, 1.54) is 5.69 Å². The predicted octanol–water partition coefficient (Wildman–Crippen LogP) is 3.32. The second kappa shape index (κ2) is 9.47. The first-order valence-electron chi connectivity index (χ1n) is 11.2. The molecule has 1 aromatic carbocycles. The van der Waals surface area contributed by atoms with Crippen molar-refractivity contribution in [1.82, 2.24) is 9.80 Å². The highest BCUT2D eigenvalue weighted by Gasteiger charge is 2.29. The molecule has 0 atom stereocenters. The average molecular weight is 396 g/mol. The van der Waals surface area contributed by atoms with Crippen molar-refractivity contribution in [2.45, 2.75) is 38.5 Å². The summed E-state index contributed by atoms with van der Waals surface area (Å²) in [6.45, 7) is 5.18. The van der Waals surface area contributed by atoms with Gasteiger partial charge in [0.2, 0.25) is 11.8 Å². The number of piperazine rings is 1. The Bertz CT molecular complexity index is 709. The van der Waals surface area contributed by atoms with Gasteiger partial charge in [0.25, 0.3) is 0 Å². The minimum Gasteiger partial charge on any atom is -0.368 e. The molecule has 2 amide bonds. The number of likely N-dealkylation sites (tertiary alicyclic amines) is 1. The van der Waals surface area contributed by atoms with Gasteiger partial charge < -0.3 is 14.7 Å². The second-order valence-corrected chi connectivity index (χ2v) is 8.65. The van der Waals surface area contributed by atoms with E-state index in [0.29, 0.717) is 24.2 Å². The van der Waals surface area contributed by atoms with Crippen molar-refractivity contribution < 1.29 is 9.59 Å². The quantitative estimate of drug-likeness (QED) is 0.719. The van der Waals surface area contributed by atoms with Crippen LogP contribution in [-0.4, -0.2) is 60.9 Å². The molecule has 5 heteroatoms. The van der Waals surface area contributed by atoms with E-state index >= 15 is 0 Å². The van der Waals surface area contributed by atoms with Gasteiger partial charge >= 0.3 is 0 Å². The minimum atomic E-state index is 0.183. The van der Waals surface area contributed by atoms with E-state index in [0.717, 1.165) is 71.4 Å². The number of anilines is 1. The summed E-state index contributed by atoms with van der Waals surface area (Å²) < 4.78 is 0. The third-order valence-corrected chi connectivity index (χ3v) is 6.80. The first kappa shape index (κ1) is 20.0. The lowest BCUT2D eigenvalue weighted by atomic mass is 9.91. The van der Waals surface area contributed by atoms with Crippen molar-refractivity contribution in [1.29, 1.82) is 0 Å². The van der Waals surface area contributed by atoms with E-state index in [-0.39, 0.29) is 5.92 Å². The van der Waals surface area contributed by atoms with Crippen LogP contribution < -0.4 is 4.90 Å². The molecule has 0 radical (unpaired) electrons. The number of rotatable bonds is 5. The van der Waals surface area contributed by atoms with Crippen LogP contribution in [0.1, 0.15) is 38.5 Å². The van der Waals surface area contributed by atoms with Crippen LogP contribution >= 0.6 is 0 Å². The van der Waals surface area contributed by atoms with Gasteiger partial charge in [-0.05, 0) is 50.2 Å². The zero-order valence-corrected chi connectivity index (χ0v) is 17.3.